The molecule has 0 atom stereocenters. The van der Waals surface area contributed by atoms with Crippen molar-refractivity contribution in [3.63, 3.8) is 0 Å². The molecule has 1 aromatic heterocycles. The smallest absolute Gasteiger partial charge is 0.130 e. The number of rotatable bonds is 3. The van der Waals surface area contributed by atoms with Gasteiger partial charge in [-0.15, -0.1) is 0 Å². The van der Waals surface area contributed by atoms with Gasteiger partial charge in [0.2, 0.25) is 0 Å². The zero-order valence-electron chi connectivity index (χ0n) is 8.03. The first-order chi connectivity index (χ1) is 6.86. The van der Waals surface area contributed by atoms with Crippen molar-refractivity contribution in [2.45, 2.75) is 13.5 Å². The third-order valence-electron chi connectivity index (χ3n) is 2.03. The first-order valence-electron chi connectivity index (χ1n) is 4.52. The first kappa shape index (κ1) is 8.81. The van der Waals surface area contributed by atoms with Gasteiger partial charge in [0.05, 0.1) is 18.2 Å². The van der Waals surface area contributed by atoms with E-state index in [4.69, 9.17) is 4.74 Å². The summed E-state index contributed by atoms with van der Waals surface area (Å²) >= 11 is 0. The van der Waals surface area contributed by atoms with Crippen molar-refractivity contribution in [3.8, 4) is 5.75 Å². The summed E-state index contributed by atoms with van der Waals surface area (Å²) in [4.78, 5) is 6.91. The number of aromatic amines is 1. The molecule has 0 amide bonds. The first-order valence-corrected chi connectivity index (χ1v) is 4.52. The van der Waals surface area contributed by atoms with Gasteiger partial charge in [0.15, 0.2) is 0 Å². The Kier molecular flexibility index (Phi) is 2.49. The predicted molar refractivity (Wildman–Crippen MR) is 54.1 cm³/mol. The van der Waals surface area contributed by atoms with E-state index in [1.807, 2.05) is 31.2 Å². The lowest BCUT2D eigenvalue weighted by atomic mass is 10.2. The second-order valence-electron chi connectivity index (χ2n) is 3.13. The maximum atomic E-state index is 5.61. The van der Waals surface area contributed by atoms with Gasteiger partial charge < -0.3 is 9.72 Å². The molecule has 1 aromatic carbocycles. The maximum Gasteiger partial charge on any atom is 0.130 e. The Morgan fingerprint density at radius 3 is 2.93 bits per heavy atom. The van der Waals surface area contributed by atoms with E-state index < -0.39 is 0 Å². The van der Waals surface area contributed by atoms with E-state index in [1.165, 1.54) is 0 Å². The van der Waals surface area contributed by atoms with Crippen LogP contribution < -0.4 is 4.74 Å². The van der Waals surface area contributed by atoms with Gasteiger partial charge in [0, 0.05) is 0 Å². The number of hydrogen-bond donors (Lipinski definition) is 1. The minimum Gasteiger partial charge on any atom is -0.487 e. The minimum absolute atomic E-state index is 0.533. The largest absolute Gasteiger partial charge is 0.487 e. The molecular weight excluding hydrogens is 176 g/mol. The molecule has 0 saturated heterocycles. The van der Waals surface area contributed by atoms with E-state index in [0.717, 1.165) is 17.0 Å². The molecule has 0 unspecified atom stereocenters. The number of nitrogens with one attached hydrogen (secondary N) is 1. The van der Waals surface area contributed by atoms with Crippen molar-refractivity contribution in [3.05, 3.63) is 48.0 Å². The van der Waals surface area contributed by atoms with Gasteiger partial charge >= 0.3 is 0 Å². The predicted octanol–water partition coefficient (Wildman–Crippen LogP) is 2.30. The average Bonchev–Trinajstić information content (AvgIpc) is 2.69. The number of imidazole rings is 1. The second-order valence-corrected chi connectivity index (χ2v) is 3.13. The van der Waals surface area contributed by atoms with Gasteiger partial charge in [-0.1, -0.05) is 18.2 Å². The fourth-order valence-corrected chi connectivity index (χ4v) is 1.24. The fraction of sp³-hybridized carbons (Fsp3) is 0.182. The van der Waals surface area contributed by atoms with E-state index in [2.05, 4.69) is 9.97 Å². The molecule has 14 heavy (non-hydrogen) atoms. The van der Waals surface area contributed by atoms with E-state index in [0.29, 0.717) is 6.61 Å². The van der Waals surface area contributed by atoms with Crippen LogP contribution in [0.15, 0.2) is 36.8 Å². The summed E-state index contributed by atoms with van der Waals surface area (Å²) in [6.45, 7) is 2.56. The van der Waals surface area contributed by atoms with E-state index in [-0.39, 0.29) is 0 Å². The lowest BCUT2D eigenvalue weighted by Gasteiger charge is -2.06. The van der Waals surface area contributed by atoms with Gasteiger partial charge in [-0.2, -0.15) is 0 Å². The molecule has 72 valence electrons. The number of aryl methyl sites for hydroxylation is 1. The number of hydrogen-bond acceptors (Lipinski definition) is 2. The van der Waals surface area contributed by atoms with Crippen molar-refractivity contribution < 1.29 is 4.74 Å². The number of ether oxygens (including phenoxy) is 1. The van der Waals surface area contributed by atoms with Crippen molar-refractivity contribution in [1.82, 2.24) is 9.97 Å². The highest BCUT2D eigenvalue weighted by molar-refractivity contribution is 5.31. The molecule has 1 N–H and O–H groups in total. The van der Waals surface area contributed by atoms with Crippen molar-refractivity contribution in [1.29, 1.82) is 0 Å². The van der Waals surface area contributed by atoms with Crippen molar-refractivity contribution in [2.75, 3.05) is 0 Å². The van der Waals surface area contributed by atoms with Crippen LogP contribution in [0.25, 0.3) is 0 Å². The minimum atomic E-state index is 0.533. The van der Waals surface area contributed by atoms with Crippen LogP contribution in [-0.4, -0.2) is 9.97 Å². The summed E-state index contributed by atoms with van der Waals surface area (Å²) in [7, 11) is 0. The number of para-hydroxylation sites is 1. The van der Waals surface area contributed by atoms with Crippen LogP contribution in [-0.2, 0) is 6.61 Å². The summed E-state index contributed by atoms with van der Waals surface area (Å²) < 4.78 is 5.61. The maximum absolute atomic E-state index is 5.61. The molecule has 3 nitrogen and oxygen atoms in total. The summed E-state index contributed by atoms with van der Waals surface area (Å²) in [6.07, 6.45) is 3.41. The zero-order valence-corrected chi connectivity index (χ0v) is 8.03. The number of benzene rings is 1. The Morgan fingerprint density at radius 1 is 1.36 bits per heavy atom. The highest BCUT2D eigenvalue weighted by atomic mass is 16.5. The zero-order chi connectivity index (χ0) is 9.80. The number of H-pyrrole nitrogens is 1. The van der Waals surface area contributed by atoms with E-state index >= 15 is 0 Å². The van der Waals surface area contributed by atoms with Crippen LogP contribution >= 0.6 is 0 Å². The number of aromatic nitrogens is 2. The Labute approximate surface area is 82.8 Å². The molecule has 0 bridgehead atoms. The van der Waals surface area contributed by atoms with Crippen LogP contribution in [0.4, 0.5) is 0 Å². The molecule has 0 saturated carbocycles. The summed E-state index contributed by atoms with van der Waals surface area (Å²) in [5.74, 6) is 0.919. The van der Waals surface area contributed by atoms with Crippen molar-refractivity contribution in [2.24, 2.45) is 0 Å². The van der Waals surface area contributed by atoms with Crippen LogP contribution in [0.5, 0.6) is 5.75 Å². The van der Waals surface area contributed by atoms with E-state index in [1.54, 1.807) is 12.5 Å². The summed E-state index contributed by atoms with van der Waals surface area (Å²) in [5, 5.41) is 0. The third-order valence-corrected chi connectivity index (χ3v) is 2.03. The molecule has 0 radical (unpaired) electrons. The summed E-state index contributed by atoms with van der Waals surface area (Å²) in [6, 6.07) is 7.96. The Morgan fingerprint density at radius 2 is 2.21 bits per heavy atom. The molecule has 0 aliphatic heterocycles. The molecule has 2 rings (SSSR count). The van der Waals surface area contributed by atoms with Gasteiger partial charge in [-0.3, -0.25) is 0 Å². The molecule has 3 heteroatoms. The molecule has 0 aliphatic carbocycles. The van der Waals surface area contributed by atoms with E-state index in [9.17, 15) is 0 Å². The van der Waals surface area contributed by atoms with Crippen LogP contribution in [0.2, 0.25) is 0 Å². The van der Waals surface area contributed by atoms with Gasteiger partial charge in [-0.05, 0) is 18.6 Å². The molecule has 1 heterocycles. The quantitative estimate of drug-likeness (QED) is 0.802. The van der Waals surface area contributed by atoms with Gasteiger partial charge in [0.1, 0.15) is 12.4 Å². The normalized spacial score (nSPS) is 10.1. The monoisotopic (exact) mass is 188 g/mol. The topological polar surface area (TPSA) is 37.9 Å². The average molecular weight is 188 g/mol. The van der Waals surface area contributed by atoms with Crippen LogP contribution in [0, 0.1) is 6.92 Å². The fourth-order valence-electron chi connectivity index (χ4n) is 1.24. The molecule has 2 aromatic rings. The Hall–Kier alpha value is -1.77. The lowest BCUT2D eigenvalue weighted by molar-refractivity contribution is 0.300. The Bertz CT molecular complexity index is 395. The molecule has 0 spiro atoms. The molecular formula is C11H12N2O. The lowest BCUT2D eigenvalue weighted by Crippen LogP contribution is -1.96. The third kappa shape index (κ3) is 1.93. The highest BCUT2D eigenvalue weighted by Gasteiger charge is 1.98. The molecule has 0 aliphatic rings. The van der Waals surface area contributed by atoms with Gasteiger partial charge in [0.25, 0.3) is 0 Å². The second kappa shape index (κ2) is 3.96. The molecule has 0 fully saturated rings. The Balaban J connectivity index is 2.02. The standard InChI is InChI=1S/C11H12N2O/c1-9-4-2-3-5-11(9)14-7-10-6-12-8-13-10/h2-6,8H,7H2,1H3,(H,12,13). The van der Waals surface area contributed by atoms with Crippen molar-refractivity contribution >= 4 is 0 Å². The highest BCUT2D eigenvalue weighted by Crippen LogP contribution is 2.17. The van der Waals surface area contributed by atoms with Crippen LogP contribution in [0.1, 0.15) is 11.3 Å². The van der Waals surface area contributed by atoms with Crippen LogP contribution in [0.3, 0.4) is 0 Å². The SMILES string of the molecule is Cc1ccccc1OCc1cnc[nH]1. The number of nitrogens with zero attached hydrogens (tertiary/aromatic N) is 1. The summed E-state index contributed by atoms with van der Waals surface area (Å²) in [5.41, 5.74) is 2.13. The van der Waals surface area contributed by atoms with Gasteiger partial charge in [-0.25, -0.2) is 4.98 Å².